The summed E-state index contributed by atoms with van der Waals surface area (Å²) in [6.45, 7) is 0. The minimum absolute atomic E-state index is 0.227. The first-order valence-corrected chi connectivity index (χ1v) is 9.89. The van der Waals surface area contributed by atoms with E-state index in [4.69, 9.17) is 0 Å². The van der Waals surface area contributed by atoms with Gasteiger partial charge >= 0.3 is 0 Å². The standard InChI is InChI=1S/C19H12F3N3O5S/c20-14-9-16(22)18(10-15(14)21)23-19(26)13-6-1-2-7-17(13)24-31(29,30)12-5-3-4-11(8-12)25(27)28/h1-10,24H,(H,23,26). The Morgan fingerprint density at radius 2 is 1.55 bits per heavy atom. The number of nitrogens with zero attached hydrogens (tertiary/aromatic N) is 1. The van der Waals surface area contributed by atoms with Gasteiger partial charge in [-0.2, -0.15) is 0 Å². The first-order chi connectivity index (χ1) is 14.6. The Hall–Kier alpha value is -3.93. The van der Waals surface area contributed by atoms with Crippen molar-refractivity contribution in [2.75, 3.05) is 10.0 Å². The van der Waals surface area contributed by atoms with E-state index in [1.54, 1.807) is 0 Å². The molecule has 2 N–H and O–H groups in total. The molecule has 0 atom stereocenters. The van der Waals surface area contributed by atoms with Crippen molar-refractivity contribution < 1.29 is 31.3 Å². The van der Waals surface area contributed by atoms with Gasteiger partial charge < -0.3 is 5.32 Å². The molecule has 0 fully saturated rings. The van der Waals surface area contributed by atoms with Crippen LogP contribution in [0.4, 0.5) is 30.2 Å². The number of halogens is 3. The van der Waals surface area contributed by atoms with Gasteiger partial charge in [0.25, 0.3) is 21.6 Å². The average molecular weight is 451 g/mol. The number of nitro benzene ring substituents is 1. The monoisotopic (exact) mass is 451 g/mol. The SMILES string of the molecule is O=C(Nc1cc(F)c(F)cc1F)c1ccccc1NS(=O)(=O)c1cccc([N+](=O)[O-])c1. The second-order valence-corrected chi connectivity index (χ2v) is 7.79. The Bertz CT molecular complexity index is 1300. The molecule has 3 aromatic rings. The van der Waals surface area contributed by atoms with Crippen LogP contribution in [0.1, 0.15) is 10.4 Å². The van der Waals surface area contributed by atoms with Gasteiger partial charge in [-0.15, -0.1) is 0 Å². The van der Waals surface area contributed by atoms with Crippen molar-refractivity contribution in [1.29, 1.82) is 0 Å². The van der Waals surface area contributed by atoms with Crippen molar-refractivity contribution in [3.8, 4) is 0 Å². The Morgan fingerprint density at radius 3 is 2.26 bits per heavy atom. The fourth-order valence-electron chi connectivity index (χ4n) is 2.55. The van der Waals surface area contributed by atoms with Crippen molar-refractivity contribution in [1.82, 2.24) is 0 Å². The third-order valence-corrected chi connectivity index (χ3v) is 5.38. The predicted octanol–water partition coefficient (Wildman–Crippen LogP) is 4.07. The van der Waals surface area contributed by atoms with Crippen LogP contribution in [0.5, 0.6) is 0 Å². The van der Waals surface area contributed by atoms with Crippen molar-refractivity contribution in [2.45, 2.75) is 4.90 Å². The summed E-state index contributed by atoms with van der Waals surface area (Å²) >= 11 is 0. The molecule has 0 unspecified atom stereocenters. The molecule has 0 bridgehead atoms. The van der Waals surface area contributed by atoms with Gasteiger partial charge in [-0.3, -0.25) is 19.6 Å². The second-order valence-electron chi connectivity index (χ2n) is 6.11. The van der Waals surface area contributed by atoms with Gasteiger partial charge in [0.05, 0.1) is 26.8 Å². The van der Waals surface area contributed by atoms with Gasteiger partial charge in [0.2, 0.25) is 0 Å². The Kier molecular flexibility index (Phi) is 5.92. The van der Waals surface area contributed by atoms with Gasteiger partial charge in [0.1, 0.15) is 5.82 Å². The molecule has 0 aromatic heterocycles. The van der Waals surface area contributed by atoms with Crippen molar-refractivity contribution in [3.63, 3.8) is 0 Å². The number of nitro groups is 1. The Balaban J connectivity index is 1.92. The number of carbonyl (C=O) groups is 1. The Morgan fingerprint density at radius 1 is 0.871 bits per heavy atom. The number of rotatable bonds is 6. The summed E-state index contributed by atoms with van der Waals surface area (Å²) in [4.78, 5) is 22.2. The minimum Gasteiger partial charge on any atom is -0.319 e. The molecule has 3 rings (SSSR count). The van der Waals surface area contributed by atoms with Gasteiger partial charge in [-0.25, -0.2) is 21.6 Å². The van der Waals surface area contributed by atoms with E-state index in [1.165, 1.54) is 30.3 Å². The predicted molar refractivity (Wildman–Crippen MR) is 105 cm³/mol. The topological polar surface area (TPSA) is 118 Å². The fourth-order valence-corrected chi connectivity index (χ4v) is 3.67. The van der Waals surface area contributed by atoms with E-state index in [2.05, 4.69) is 4.72 Å². The zero-order valence-corrected chi connectivity index (χ0v) is 16.1. The number of nitrogens with one attached hydrogen (secondary N) is 2. The maximum atomic E-state index is 13.8. The highest BCUT2D eigenvalue weighted by molar-refractivity contribution is 7.92. The van der Waals surface area contributed by atoms with Gasteiger partial charge in [-0.1, -0.05) is 18.2 Å². The van der Waals surface area contributed by atoms with Crippen LogP contribution < -0.4 is 10.0 Å². The van der Waals surface area contributed by atoms with E-state index in [1.807, 2.05) is 5.32 Å². The molecule has 0 aliphatic carbocycles. The molecule has 0 saturated heterocycles. The highest BCUT2D eigenvalue weighted by Crippen LogP contribution is 2.25. The lowest BCUT2D eigenvalue weighted by molar-refractivity contribution is -0.385. The molecule has 0 spiro atoms. The largest absolute Gasteiger partial charge is 0.319 e. The normalized spacial score (nSPS) is 11.1. The van der Waals surface area contributed by atoms with Gasteiger partial charge in [0.15, 0.2) is 11.6 Å². The number of amides is 1. The zero-order valence-electron chi connectivity index (χ0n) is 15.3. The first-order valence-electron chi connectivity index (χ1n) is 8.40. The maximum absolute atomic E-state index is 13.8. The summed E-state index contributed by atoms with van der Waals surface area (Å²) in [5.74, 6) is -5.08. The van der Waals surface area contributed by atoms with E-state index >= 15 is 0 Å². The number of hydrogen-bond acceptors (Lipinski definition) is 5. The molecule has 3 aromatic carbocycles. The van der Waals surface area contributed by atoms with Crippen LogP contribution >= 0.6 is 0 Å². The molecule has 0 saturated carbocycles. The molecule has 8 nitrogen and oxygen atoms in total. The maximum Gasteiger partial charge on any atom is 0.270 e. The van der Waals surface area contributed by atoms with Crippen LogP contribution in [0.2, 0.25) is 0 Å². The third-order valence-electron chi connectivity index (χ3n) is 4.01. The lowest BCUT2D eigenvalue weighted by Crippen LogP contribution is -2.19. The Labute approximate surface area is 173 Å². The number of benzene rings is 3. The lowest BCUT2D eigenvalue weighted by atomic mass is 10.1. The molecular formula is C19H12F3N3O5S. The van der Waals surface area contributed by atoms with Crippen LogP contribution in [0, 0.1) is 27.6 Å². The van der Waals surface area contributed by atoms with E-state index in [0.717, 1.165) is 18.2 Å². The van der Waals surface area contributed by atoms with Crippen molar-refractivity contribution in [3.05, 3.63) is 93.8 Å². The summed E-state index contributed by atoms with van der Waals surface area (Å²) in [6, 6.07) is 10.2. The average Bonchev–Trinajstić information content (AvgIpc) is 2.72. The van der Waals surface area contributed by atoms with Crippen LogP contribution in [0.25, 0.3) is 0 Å². The fraction of sp³-hybridized carbons (Fsp3) is 0. The van der Waals surface area contributed by atoms with Gasteiger partial charge in [0, 0.05) is 24.3 Å². The second kappa shape index (κ2) is 8.44. The van der Waals surface area contributed by atoms with E-state index in [9.17, 15) is 36.5 Å². The summed E-state index contributed by atoms with van der Waals surface area (Å²) in [7, 11) is -4.34. The van der Waals surface area contributed by atoms with Crippen LogP contribution in [0.3, 0.4) is 0 Å². The molecule has 160 valence electrons. The molecule has 0 aliphatic heterocycles. The minimum atomic E-state index is -4.34. The molecule has 12 heteroatoms. The number of hydrogen-bond donors (Lipinski definition) is 2. The number of sulfonamides is 1. The van der Waals surface area contributed by atoms with Crippen LogP contribution in [-0.4, -0.2) is 19.2 Å². The molecule has 31 heavy (non-hydrogen) atoms. The van der Waals surface area contributed by atoms with Crippen LogP contribution in [-0.2, 0) is 10.0 Å². The molecule has 1 amide bonds. The van der Waals surface area contributed by atoms with Crippen molar-refractivity contribution >= 4 is 33.0 Å². The van der Waals surface area contributed by atoms with E-state index in [0.29, 0.717) is 6.07 Å². The number of non-ortho nitro benzene ring substituents is 1. The third kappa shape index (κ3) is 4.80. The summed E-state index contributed by atoms with van der Waals surface area (Å²) in [5, 5.41) is 12.9. The highest BCUT2D eigenvalue weighted by Gasteiger charge is 2.21. The summed E-state index contributed by atoms with van der Waals surface area (Å²) in [6.07, 6.45) is 0. The highest BCUT2D eigenvalue weighted by atomic mass is 32.2. The first kappa shape index (κ1) is 21.8. The number of carbonyl (C=O) groups excluding carboxylic acids is 1. The number of anilines is 2. The number of para-hydroxylation sites is 1. The zero-order chi connectivity index (χ0) is 22.8. The molecule has 0 radical (unpaired) electrons. The quantitative estimate of drug-likeness (QED) is 0.333. The van der Waals surface area contributed by atoms with E-state index < -0.39 is 54.6 Å². The van der Waals surface area contributed by atoms with E-state index in [-0.39, 0.29) is 17.3 Å². The molecular weight excluding hydrogens is 439 g/mol. The van der Waals surface area contributed by atoms with Gasteiger partial charge in [-0.05, 0) is 18.2 Å². The molecule has 0 heterocycles. The van der Waals surface area contributed by atoms with Crippen molar-refractivity contribution in [2.24, 2.45) is 0 Å². The van der Waals surface area contributed by atoms with Crippen LogP contribution in [0.15, 0.2) is 65.6 Å². The lowest BCUT2D eigenvalue weighted by Gasteiger charge is -2.13. The molecule has 0 aliphatic rings. The summed E-state index contributed by atoms with van der Waals surface area (Å²) in [5.41, 5.74) is -1.60. The summed E-state index contributed by atoms with van der Waals surface area (Å²) < 4.78 is 67.6. The smallest absolute Gasteiger partial charge is 0.270 e.